The van der Waals surface area contributed by atoms with Gasteiger partial charge in [-0.3, -0.25) is 0 Å². The van der Waals surface area contributed by atoms with E-state index in [0.717, 1.165) is 5.56 Å². The first-order chi connectivity index (χ1) is 12.3. The molecule has 0 saturated heterocycles. The van der Waals surface area contributed by atoms with E-state index in [4.69, 9.17) is 15.2 Å². The first kappa shape index (κ1) is 19.9. The molecule has 0 radical (unpaired) electrons. The average Bonchev–Trinajstić information content (AvgIpc) is 2.61. The summed E-state index contributed by atoms with van der Waals surface area (Å²) in [4.78, 5) is 12.2. The normalized spacial score (nSPS) is 12.5. The third-order valence-electron chi connectivity index (χ3n) is 3.76. The van der Waals surface area contributed by atoms with Crippen molar-refractivity contribution in [3.05, 3.63) is 53.6 Å². The third-order valence-corrected chi connectivity index (χ3v) is 5.59. The lowest BCUT2D eigenvalue weighted by molar-refractivity contribution is 0.0521. The van der Waals surface area contributed by atoms with Crippen LogP contribution < -0.4 is 10.5 Å². The van der Waals surface area contributed by atoms with Gasteiger partial charge in [0.05, 0.1) is 29.1 Å². The van der Waals surface area contributed by atoms with Crippen molar-refractivity contribution in [3.8, 4) is 5.75 Å². The van der Waals surface area contributed by atoms with E-state index in [9.17, 15) is 13.2 Å². The molecule has 140 valence electrons. The van der Waals surface area contributed by atoms with E-state index in [1.807, 2.05) is 6.92 Å². The van der Waals surface area contributed by atoms with Gasteiger partial charge in [-0.2, -0.15) is 0 Å². The van der Waals surface area contributed by atoms with Crippen LogP contribution >= 0.6 is 0 Å². The Hall–Kier alpha value is -2.38. The first-order valence-electron chi connectivity index (χ1n) is 8.24. The molecule has 6 nitrogen and oxygen atoms in total. The molecule has 7 heteroatoms. The highest BCUT2D eigenvalue weighted by Crippen LogP contribution is 2.28. The van der Waals surface area contributed by atoms with E-state index in [0.29, 0.717) is 12.2 Å². The van der Waals surface area contributed by atoms with Gasteiger partial charge >= 0.3 is 5.97 Å². The molecule has 0 saturated carbocycles. The highest BCUT2D eigenvalue weighted by Gasteiger charge is 2.26. The molecule has 0 fully saturated rings. The maximum atomic E-state index is 13.0. The molecule has 0 aliphatic carbocycles. The van der Waals surface area contributed by atoms with Gasteiger partial charge in [0.2, 0.25) is 9.84 Å². The largest absolute Gasteiger partial charge is 0.497 e. The highest BCUT2D eigenvalue weighted by molar-refractivity contribution is 7.91. The molecule has 0 aromatic heterocycles. The smallest absolute Gasteiger partial charge is 0.339 e. The SMILES string of the molecule is CCOC(=O)c1cc(OC)ccc1S(=O)(=O)c1ccc(CC(C)N)cc1. The van der Waals surface area contributed by atoms with Gasteiger partial charge < -0.3 is 15.2 Å². The van der Waals surface area contributed by atoms with Gasteiger partial charge in [0.15, 0.2) is 0 Å². The van der Waals surface area contributed by atoms with Crippen molar-refractivity contribution in [1.29, 1.82) is 0 Å². The molecule has 0 aliphatic heterocycles. The van der Waals surface area contributed by atoms with Crippen LogP contribution in [0.25, 0.3) is 0 Å². The Morgan fingerprint density at radius 3 is 2.35 bits per heavy atom. The Labute approximate surface area is 153 Å². The summed E-state index contributed by atoms with van der Waals surface area (Å²) < 4.78 is 36.1. The van der Waals surface area contributed by atoms with Crippen LogP contribution in [0, 0.1) is 0 Å². The second-order valence-corrected chi connectivity index (χ2v) is 7.83. The molecule has 1 atom stereocenters. The zero-order valence-electron chi connectivity index (χ0n) is 15.1. The predicted octanol–water partition coefficient (Wildman–Crippen LogP) is 2.59. The van der Waals surface area contributed by atoms with Crippen LogP contribution in [0.15, 0.2) is 52.3 Å². The molecule has 0 bridgehead atoms. The number of benzene rings is 2. The molecule has 2 N–H and O–H groups in total. The van der Waals surface area contributed by atoms with Crippen molar-refractivity contribution >= 4 is 15.8 Å². The molecule has 26 heavy (non-hydrogen) atoms. The monoisotopic (exact) mass is 377 g/mol. The van der Waals surface area contributed by atoms with Gasteiger partial charge in [-0.15, -0.1) is 0 Å². The maximum absolute atomic E-state index is 13.0. The summed E-state index contributed by atoms with van der Waals surface area (Å²) in [5.74, 6) is -0.335. The van der Waals surface area contributed by atoms with Crippen molar-refractivity contribution in [2.45, 2.75) is 36.1 Å². The summed E-state index contributed by atoms with van der Waals surface area (Å²) in [5, 5.41) is 0. The molecular formula is C19H23NO5S. The Balaban J connectivity index is 2.49. The molecular weight excluding hydrogens is 354 g/mol. The van der Waals surface area contributed by atoms with Crippen LogP contribution in [0.1, 0.15) is 29.8 Å². The molecule has 0 amide bonds. The number of sulfone groups is 1. The fourth-order valence-corrected chi connectivity index (χ4v) is 3.97. The van der Waals surface area contributed by atoms with E-state index in [2.05, 4.69) is 0 Å². The molecule has 0 spiro atoms. The Morgan fingerprint density at radius 1 is 1.15 bits per heavy atom. The summed E-state index contributed by atoms with van der Waals surface area (Å²) in [6.45, 7) is 3.68. The Bertz CT molecular complexity index is 873. The molecule has 2 aromatic carbocycles. The number of methoxy groups -OCH3 is 1. The minimum absolute atomic E-state index is 0.0190. The minimum Gasteiger partial charge on any atom is -0.497 e. The lowest BCUT2D eigenvalue weighted by atomic mass is 10.1. The van der Waals surface area contributed by atoms with Crippen molar-refractivity contribution in [2.75, 3.05) is 13.7 Å². The Morgan fingerprint density at radius 2 is 1.81 bits per heavy atom. The maximum Gasteiger partial charge on any atom is 0.339 e. The zero-order chi connectivity index (χ0) is 19.3. The summed E-state index contributed by atoms with van der Waals surface area (Å²) in [6, 6.07) is 10.7. The Kier molecular flexibility index (Phi) is 6.39. The van der Waals surface area contributed by atoms with E-state index < -0.39 is 15.8 Å². The average molecular weight is 377 g/mol. The number of nitrogens with two attached hydrogens (primary N) is 1. The van der Waals surface area contributed by atoms with Crippen molar-refractivity contribution in [2.24, 2.45) is 5.73 Å². The van der Waals surface area contributed by atoms with Crippen LogP contribution in [0.4, 0.5) is 0 Å². The van der Waals surface area contributed by atoms with Gasteiger partial charge in [0.25, 0.3) is 0 Å². The quantitative estimate of drug-likeness (QED) is 0.745. The first-order valence-corrected chi connectivity index (χ1v) is 9.72. The molecule has 2 aromatic rings. The molecule has 1 unspecified atom stereocenters. The fraction of sp³-hybridized carbons (Fsp3) is 0.316. The number of hydrogen-bond donors (Lipinski definition) is 1. The predicted molar refractivity (Wildman–Crippen MR) is 98.2 cm³/mol. The van der Waals surface area contributed by atoms with E-state index in [1.54, 1.807) is 19.1 Å². The second kappa shape index (κ2) is 8.33. The van der Waals surface area contributed by atoms with Crippen molar-refractivity contribution < 1.29 is 22.7 Å². The topological polar surface area (TPSA) is 95.7 Å². The molecule has 2 rings (SSSR count). The van der Waals surface area contributed by atoms with Crippen LogP contribution in [-0.2, 0) is 21.0 Å². The van der Waals surface area contributed by atoms with Crippen LogP contribution in [0.3, 0.4) is 0 Å². The summed E-state index contributed by atoms with van der Waals surface area (Å²) in [6.07, 6.45) is 0.650. The van der Waals surface area contributed by atoms with Crippen LogP contribution in [0.2, 0.25) is 0 Å². The van der Waals surface area contributed by atoms with Crippen molar-refractivity contribution in [3.63, 3.8) is 0 Å². The van der Waals surface area contributed by atoms with Gasteiger partial charge in [-0.25, -0.2) is 13.2 Å². The van der Waals surface area contributed by atoms with Crippen LogP contribution in [0.5, 0.6) is 5.75 Å². The van der Waals surface area contributed by atoms with E-state index in [-0.39, 0.29) is 28.0 Å². The number of hydrogen-bond acceptors (Lipinski definition) is 6. The summed E-state index contributed by atoms with van der Waals surface area (Å²) >= 11 is 0. The standard InChI is InChI=1S/C19H23NO5S/c1-4-25-19(21)17-12-15(24-3)7-10-18(17)26(22,23)16-8-5-14(6-9-16)11-13(2)20/h5-10,12-13H,4,11,20H2,1-3H3. The minimum atomic E-state index is -3.89. The molecule has 0 aliphatic rings. The number of esters is 1. The van der Waals surface area contributed by atoms with E-state index in [1.165, 1.54) is 37.4 Å². The van der Waals surface area contributed by atoms with Crippen molar-refractivity contribution in [1.82, 2.24) is 0 Å². The highest BCUT2D eigenvalue weighted by atomic mass is 32.2. The number of carbonyl (C=O) groups is 1. The molecule has 0 heterocycles. The summed E-state index contributed by atoms with van der Waals surface area (Å²) in [5.41, 5.74) is 6.66. The summed E-state index contributed by atoms with van der Waals surface area (Å²) in [7, 11) is -2.45. The third kappa shape index (κ3) is 4.42. The van der Waals surface area contributed by atoms with Crippen LogP contribution in [-0.4, -0.2) is 34.1 Å². The number of ether oxygens (including phenoxy) is 2. The second-order valence-electron chi connectivity index (χ2n) is 5.91. The number of rotatable bonds is 7. The zero-order valence-corrected chi connectivity index (χ0v) is 15.9. The lowest BCUT2D eigenvalue weighted by Crippen LogP contribution is -2.17. The van der Waals surface area contributed by atoms with Gasteiger partial charge in [-0.1, -0.05) is 12.1 Å². The van der Waals surface area contributed by atoms with Gasteiger partial charge in [0, 0.05) is 6.04 Å². The van der Waals surface area contributed by atoms with Gasteiger partial charge in [-0.05, 0) is 56.2 Å². The number of carbonyl (C=O) groups excluding carboxylic acids is 1. The fourth-order valence-electron chi connectivity index (χ4n) is 2.54. The van der Waals surface area contributed by atoms with Gasteiger partial charge in [0.1, 0.15) is 5.75 Å². The lowest BCUT2D eigenvalue weighted by Gasteiger charge is -2.12. The van der Waals surface area contributed by atoms with E-state index >= 15 is 0 Å².